The summed E-state index contributed by atoms with van der Waals surface area (Å²) in [4.78, 5) is 0.941. The maximum atomic E-state index is 10.1. The molecule has 0 spiro atoms. The Morgan fingerprint density at radius 1 is 1.50 bits per heavy atom. The molecule has 0 aromatic carbocycles. The first kappa shape index (κ1) is 10.6. The number of rotatable bonds is 2. The van der Waals surface area contributed by atoms with Crippen LogP contribution in [0, 0.1) is 5.92 Å². The van der Waals surface area contributed by atoms with Crippen molar-refractivity contribution in [2.24, 2.45) is 5.92 Å². The maximum absolute atomic E-state index is 10.1. The zero-order valence-corrected chi connectivity index (χ0v) is 10.1. The maximum Gasteiger partial charge on any atom is 0.0945 e. The average Bonchev–Trinajstić information content (AvgIpc) is 2.73. The highest BCUT2D eigenvalue weighted by Crippen LogP contribution is 2.40. The normalized spacial score (nSPS) is 29.4. The second kappa shape index (κ2) is 4.31. The third kappa shape index (κ3) is 1.89. The summed E-state index contributed by atoms with van der Waals surface area (Å²) in [6.45, 7) is 0. The van der Waals surface area contributed by atoms with E-state index in [0.717, 1.165) is 28.6 Å². The topological polar surface area (TPSA) is 40.5 Å². The van der Waals surface area contributed by atoms with Crippen LogP contribution in [0.2, 0.25) is 0 Å². The van der Waals surface area contributed by atoms with Gasteiger partial charge in [0.15, 0.2) is 0 Å². The van der Waals surface area contributed by atoms with E-state index in [1.807, 2.05) is 11.4 Å². The second-order valence-corrected chi connectivity index (χ2v) is 5.54. The van der Waals surface area contributed by atoms with Gasteiger partial charge in [0.2, 0.25) is 0 Å². The second-order valence-electron chi connectivity index (χ2n) is 3.74. The molecule has 3 unspecified atom stereocenters. The minimum atomic E-state index is -0.512. The minimum absolute atomic E-state index is 0.0185. The molecule has 2 rings (SSSR count). The summed E-state index contributed by atoms with van der Waals surface area (Å²) in [6.07, 6.45) is 1.92. The Balaban J connectivity index is 2.15. The van der Waals surface area contributed by atoms with Gasteiger partial charge < -0.3 is 10.2 Å². The lowest BCUT2D eigenvalue weighted by Crippen LogP contribution is -2.20. The number of hydrogen-bond donors (Lipinski definition) is 2. The van der Waals surface area contributed by atoms with Gasteiger partial charge in [-0.25, -0.2) is 0 Å². The lowest BCUT2D eigenvalue weighted by Gasteiger charge is -2.20. The van der Waals surface area contributed by atoms with Crippen LogP contribution in [0.1, 0.15) is 30.2 Å². The molecule has 0 amide bonds. The zero-order chi connectivity index (χ0) is 10.1. The van der Waals surface area contributed by atoms with Crippen LogP contribution in [-0.4, -0.2) is 16.3 Å². The smallest absolute Gasteiger partial charge is 0.0945 e. The first-order chi connectivity index (χ1) is 6.70. The molecule has 0 saturated heterocycles. The number of thiophene rings is 1. The van der Waals surface area contributed by atoms with Gasteiger partial charge in [0, 0.05) is 15.3 Å². The molecule has 1 fully saturated rings. The van der Waals surface area contributed by atoms with E-state index >= 15 is 0 Å². The van der Waals surface area contributed by atoms with Crippen molar-refractivity contribution < 1.29 is 10.2 Å². The highest BCUT2D eigenvalue weighted by molar-refractivity contribution is 9.10. The Kier molecular flexibility index (Phi) is 3.27. The molecule has 2 nitrogen and oxygen atoms in total. The van der Waals surface area contributed by atoms with Crippen LogP contribution >= 0.6 is 27.3 Å². The Labute approximate surface area is 95.7 Å². The largest absolute Gasteiger partial charge is 0.393 e. The summed E-state index contributed by atoms with van der Waals surface area (Å²) < 4.78 is 0.953. The van der Waals surface area contributed by atoms with E-state index in [-0.39, 0.29) is 12.0 Å². The van der Waals surface area contributed by atoms with E-state index in [1.165, 1.54) is 11.3 Å². The lowest BCUT2D eigenvalue weighted by molar-refractivity contribution is 0.0323. The molecule has 14 heavy (non-hydrogen) atoms. The Morgan fingerprint density at radius 3 is 2.79 bits per heavy atom. The minimum Gasteiger partial charge on any atom is -0.393 e. The monoisotopic (exact) mass is 276 g/mol. The molecule has 0 aliphatic heterocycles. The van der Waals surface area contributed by atoms with Gasteiger partial charge in [-0.1, -0.05) is 6.42 Å². The molecule has 4 heteroatoms. The van der Waals surface area contributed by atoms with Crippen molar-refractivity contribution in [3.63, 3.8) is 0 Å². The molecule has 1 saturated carbocycles. The van der Waals surface area contributed by atoms with Crippen LogP contribution < -0.4 is 0 Å². The van der Waals surface area contributed by atoms with Gasteiger partial charge in [-0.3, -0.25) is 0 Å². The van der Waals surface area contributed by atoms with E-state index in [2.05, 4.69) is 15.9 Å². The molecule has 1 aromatic heterocycles. The number of halogens is 1. The van der Waals surface area contributed by atoms with Gasteiger partial charge in [0.25, 0.3) is 0 Å². The fourth-order valence-electron chi connectivity index (χ4n) is 2.05. The molecule has 1 aliphatic rings. The van der Waals surface area contributed by atoms with Gasteiger partial charge in [0.1, 0.15) is 0 Å². The fraction of sp³-hybridized carbons (Fsp3) is 0.600. The molecular weight excluding hydrogens is 264 g/mol. The highest BCUT2D eigenvalue weighted by atomic mass is 79.9. The van der Waals surface area contributed by atoms with E-state index in [9.17, 15) is 10.2 Å². The quantitative estimate of drug-likeness (QED) is 0.872. The van der Waals surface area contributed by atoms with Gasteiger partial charge in [-0.05, 0) is 40.2 Å². The Hall–Kier alpha value is 0.100. The first-order valence-electron chi connectivity index (χ1n) is 4.79. The van der Waals surface area contributed by atoms with Crippen molar-refractivity contribution in [1.82, 2.24) is 0 Å². The van der Waals surface area contributed by atoms with E-state index in [0.29, 0.717) is 0 Å². The van der Waals surface area contributed by atoms with Crippen molar-refractivity contribution in [3.05, 3.63) is 20.8 Å². The molecule has 1 aromatic rings. The predicted molar refractivity (Wildman–Crippen MR) is 60.3 cm³/mol. The fourth-order valence-corrected chi connectivity index (χ4v) is 3.72. The molecule has 0 radical (unpaired) electrons. The highest BCUT2D eigenvalue weighted by Gasteiger charge is 2.33. The average molecular weight is 277 g/mol. The third-order valence-corrected chi connectivity index (χ3v) is 4.79. The number of aliphatic hydroxyl groups is 2. The first-order valence-corrected chi connectivity index (χ1v) is 6.46. The Bertz CT molecular complexity index is 313. The third-order valence-electron chi connectivity index (χ3n) is 2.85. The van der Waals surface area contributed by atoms with Crippen molar-refractivity contribution in [1.29, 1.82) is 0 Å². The summed E-state index contributed by atoms with van der Waals surface area (Å²) in [7, 11) is 0. The van der Waals surface area contributed by atoms with E-state index in [4.69, 9.17) is 0 Å². The SMILES string of the molecule is OC1CCCC1C(O)c1sccc1Br. The van der Waals surface area contributed by atoms with Crippen molar-refractivity contribution in [2.45, 2.75) is 31.5 Å². The summed E-state index contributed by atoms with van der Waals surface area (Å²) in [5.41, 5.74) is 0. The van der Waals surface area contributed by atoms with E-state index < -0.39 is 6.10 Å². The number of aliphatic hydroxyl groups excluding tert-OH is 2. The molecular formula is C10H13BrO2S. The van der Waals surface area contributed by atoms with Crippen LogP contribution in [0.4, 0.5) is 0 Å². The summed E-state index contributed by atoms with van der Waals surface area (Å²) in [5, 5.41) is 21.7. The molecule has 1 aliphatic carbocycles. The molecule has 0 bridgehead atoms. The van der Waals surface area contributed by atoms with Crippen LogP contribution in [0.3, 0.4) is 0 Å². The van der Waals surface area contributed by atoms with Gasteiger partial charge in [0.05, 0.1) is 12.2 Å². The van der Waals surface area contributed by atoms with E-state index in [1.54, 1.807) is 0 Å². The van der Waals surface area contributed by atoms with Crippen LogP contribution in [0.25, 0.3) is 0 Å². The van der Waals surface area contributed by atoms with Gasteiger partial charge >= 0.3 is 0 Å². The van der Waals surface area contributed by atoms with Crippen LogP contribution in [0.5, 0.6) is 0 Å². The number of hydrogen-bond acceptors (Lipinski definition) is 3. The Morgan fingerprint density at radius 2 is 2.29 bits per heavy atom. The summed E-state index contributed by atoms with van der Waals surface area (Å²) in [5.74, 6) is 0.0185. The van der Waals surface area contributed by atoms with Gasteiger partial charge in [-0.15, -0.1) is 11.3 Å². The van der Waals surface area contributed by atoms with Crippen LogP contribution in [0.15, 0.2) is 15.9 Å². The van der Waals surface area contributed by atoms with Crippen molar-refractivity contribution in [3.8, 4) is 0 Å². The van der Waals surface area contributed by atoms with Crippen LogP contribution in [-0.2, 0) is 0 Å². The van der Waals surface area contributed by atoms with Crippen molar-refractivity contribution in [2.75, 3.05) is 0 Å². The lowest BCUT2D eigenvalue weighted by atomic mass is 9.97. The molecule has 1 heterocycles. The predicted octanol–water partition coefficient (Wildman–Crippen LogP) is 2.71. The zero-order valence-electron chi connectivity index (χ0n) is 7.69. The van der Waals surface area contributed by atoms with Gasteiger partial charge in [-0.2, -0.15) is 0 Å². The summed E-state index contributed by atoms with van der Waals surface area (Å²) in [6, 6.07) is 1.94. The molecule has 2 N–H and O–H groups in total. The standard InChI is InChI=1S/C10H13BrO2S/c11-7-4-5-14-10(7)9(13)6-2-1-3-8(6)12/h4-6,8-9,12-13H,1-3H2. The molecule has 3 atom stereocenters. The van der Waals surface area contributed by atoms with Crippen molar-refractivity contribution >= 4 is 27.3 Å². The summed E-state index contributed by atoms with van der Waals surface area (Å²) >= 11 is 4.94. The molecule has 78 valence electrons.